The molecule has 3 N–H and O–H groups in total. The third-order valence-electron chi connectivity index (χ3n) is 10.3. The lowest BCUT2D eigenvalue weighted by Crippen LogP contribution is -2.58. The van der Waals surface area contributed by atoms with Crippen LogP contribution in [0.1, 0.15) is 107 Å². The van der Waals surface area contributed by atoms with Crippen LogP contribution in [0, 0.1) is 27.9 Å². The number of amides is 3. The van der Waals surface area contributed by atoms with E-state index in [-0.39, 0.29) is 60.3 Å². The van der Waals surface area contributed by atoms with Gasteiger partial charge in [0.15, 0.2) is 6.10 Å². The standard InChI is InChI=1S/C38H56N6O9S/c1-9-23(4)33(41-35(47)30-12-10-11-17-42(30)7)37(48)43(8)31(22(2)3)20-32(53-25(6)45)36-40-29(21-54-36)34(46)39-27(18-24(5)38(49)50)19-26-13-15-28(16-14-26)44(51)52/h13-16,21-24,27,30-33H,9-12,17-20H2,1-8H3,(H,39,46)(H,41,47)(H,49,50)/t23-,24+,27+,30+,31+,32+,33-/m0/s1. The summed E-state index contributed by atoms with van der Waals surface area (Å²) >= 11 is 1.12. The van der Waals surface area contributed by atoms with E-state index in [1.165, 1.54) is 31.4 Å². The molecule has 0 radical (unpaired) electrons. The number of hydrogen-bond donors (Lipinski definition) is 3. The summed E-state index contributed by atoms with van der Waals surface area (Å²) in [6.07, 6.45) is 2.97. The number of nitro benzene ring substituents is 1. The number of carbonyl (C=O) groups is 5. The summed E-state index contributed by atoms with van der Waals surface area (Å²) in [5.74, 6) is -3.59. The number of likely N-dealkylation sites (N-methyl/N-ethyl adjacent to an activating group) is 2. The van der Waals surface area contributed by atoms with Gasteiger partial charge in [-0.1, -0.05) is 59.6 Å². The van der Waals surface area contributed by atoms with Crippen molar-refractivity contribution < 1.29 is 38.7 Å². The Morgan fingerprint density at radius 1 is 1.09 bits per heavy atom. The van der Waals surface area contributed by atoms with E-state index in [1.54, 1.807) is 24.1 Å². The molecule has 0 spiro atoms. The third kappa shape index (κ3) is 12.3. The van der Waals surface area contributed by atoms with Gasteiger partial charge in [-0.3, -0.25) is 39.0 Å². The number of esters is 1. The number of aromatic nitrogens is 1. The average molecular weight is 773 g/mol. The Bertz CT molecular complexity index is 1620. The molecule has 1 aliphatic rings. The van der Waals surface area contributed by atoms with Gasteiger partial charge >= 0.3 is 11.9 Å². The molecule has 54 heavy (non-hydrogen) atoms. The highest BCUT2D eigenvalue weighted by molar-refractivity contribution is 7.09. The lowest BCUT2D eigenvalue weighted by Gasteiger charge is -2.38. The molecule has 1 aliphatic heterocycles. The number of rotatable bonds is 19. The predicted molar refractivity (Wildman–Crippen MR) is 204 cm³/mol. The van der Waals surface area contributed by atoms with E-state index in [1.807, 2.05) is 39.6 Å². The molecular formula is C38H56N6O9S. The summed E-state index contributed by atoms with van der Waals surface area (Å²) in [4.78, 5) is 83.9. The first-order valence-electron chi connectivity index (χ1n) is 18.6. The Kier molecular flexibility index (Phi) is 16.5. The lowest BCUT2D eigenvalue weighted by atomic mass is 9.92. The zero-order chi connectivity index (χ0) is 40.3. The molecule has 0 saturated carbocycles. The Balaban J connectivity index is 1.82. The van der Waals surface area contributed by atoms with Gasteiger partial charge in [-0.05, 0) is 56.7 Å². The van der Waals surface area contributed by atoms with Gasteiger partial charge in [0.25, 0.3) is 11.6 Å². The van der Waals surface area contributed by atoms with Gasteiger partial charge in [0.05, 0.1) is 16.9 Å². The normalized spacial score (nSPS) is 18.1. The van der Waals surface area contributed by atoms with Gasteiger partial charge < -0.3 is 25.4 Å². The van der Waals surface area contributed by atoms with E-state index >= 15 is 0 Å². The van der Waals surface area contributed by atoms with Crippen molar-refractivity contribution in [1.82, 2.24) is 25.4 Å². The van der Waals surface area contributed by atoms with Gasteiger partial charge in [0, 0.05) is 50.0 Å². The number of nitrogens with one attached hydrogen (secondary N) is 2. The zero-order valence-corrected chi connectivity index (χ0v) is 33.4. The Labute approximate surface area is 321 Å². The maximum atomic E-state index is 14.2. The minimum atomic E-state index is -1.03. The van der Waals surface area contributed by atoms with E-state index < -0.39 is 52.9 Å². The van der Waals surface area contributed by atoms with Crippen molar-refractivity contribution in [2.24, 2.45) is 17.8 Å². The number of nitrogens with zero attached hydrogens (tertiary/aromatic N) is 4. The first kappa shape index (κ1) is 44.0. The van der Waals surface area contributed by atoms with Crippen molar-refractivity contribution in [3.05, 3.63) is 56.0 Å². The van der Waals surface area contributed by atoms with Crippen molar-refractivity contribution >= 4 is 46.7 Å². The number of carboxylic acid groups (broad SMARTS) is 1. The number of non-ortho nitro benzene ring substituents is 1. The molecule has 1 fully saturated rings. The molecule has 3 amide bonds. The third-order valence-corrected chi connectivity index (χ3v) is 11.2. The van der Waals surface area contributed by atoms with Crippen LogP contribution in [0.5, 0.6) is 0 Å². The molecule has 1 aromatic carbocycles. The minimum Gasteiger partial charge on any atom is -0.481 e. The number of carbonyl (C=O) groups excluding carboxylic acids is 4. The molecule has 0 bridgehead atoms. The van der Waals surface area contributed by atoms with E-state index in [0.717, 1.165) is 37.1 Å². The van der Waals surface area contributed by atoms with Crippen molar-refractivity contribution in [1.29, 1.82) is 0 Å². The quantitative estimate of drug-likeness (QED) is 0.0986. The van der Waals surface area contributed by atoms with E-state index in [2.05, 4.69) is 15.6 Å². The van der Waals surface area contributed by atoms with Crippen LogP contribution < -0.4 is 10.6 Å². The predicted octanol–water partition coefficient (Wildman–Crippen LogP) is 5.00. The second kappa shape index (κ2) is 20.3. The van der Waals surface area contributed by atoms with Gasteiger partial charge in [-0.2, -0.15) is 0 Å². The van der Waals surface area contributed by atoms with Crippen molar-refractivity contribution in [3.63, 3.8) is 0 Å². The molecule has 2 heterocycles. The van der Waals surface area contributed by atoms with Gasteiger partial charge in [0.1, 0.15) is 16.7 Å². The zero-order valence-electron chi connectivity index (χ0n) is 32.6. The molecule has 1 saturated heterocycles. The van der Waals surface area contributed by atoms with Crippen LogP contribution in [0.25, 0.3) is 0 Å². The molecule has 16 heteroatoms. The van der Waals surface area contributed by atoms with E-state index in [9.17, 15) is 39.2 Å². The smallest absolute Gasteiger partial charge is 0.306 e. The molecule has 7 atom stereocenters. The van der Waals surface area contributed by atoms with Crippen molar-refractivity contribution in [3.8, 4) is 0 Å². The molecule has 2 aromatic rings. The van der Waals surface area contributed by atoms with Crippen molar-refractivity contribution in [2.75, 3.05) is 20.6 Å². The SMILES string of the molecule is CC[C@H](C)[C@H](NC(=O)[C@H]1CCCCN1C)C(=O)N(C)[C@H](C[C@@H](OC(C)=O)c1nc(C(=O)N[C@@H](Cc2ccc([N+](=O)[O-])cc2)C[C@@H](C)C(=O)O)cs1)C(C)C. The minimum absolute atomic E-state index is 0.0431. The maximum Gasteiger partial charge on any atom is 0.306 e. The Morgan fingerprint density at radius 2 is 1.76 bits per heavy atom. The number of piperidine rings is 1. The number of benzene rings is 1. The summed E-state index contributed by atoms with van der Waals surface area (Å²) in [6, 6.07) is 3.70. The summed E-state index contributed by atoms with van der Waals surface area (Å²) in [5.41, 5.74) is 0.629. The highest BCUT2D eigenvalue weighted by Crippen LogP contribution is 2.31. The highest BCUT2D eigenvalue weighted by atomic mass is 32.1. The van der Waals surface area contributed by atoms with Crippen LogP contribution in [0.2, 0.25) is 0 Å². The Morgan fingerprint density at radius 3 is 2.31 bits per heavy atom. The summed E-state index contributed by atoms with van der Waals surface area (Å²) in [7, 11) is 3.61. The van der Waals surface area contributed by atoms with Gasteiger partial charge in [0.2, 0.25) is 11.8 Å². The Hall–Kier alpha value is -4.44. The summed E-state index contributed by atoms with van der Waals surface area (Å²) in [5, 5.41) is 28.5. The van der Waals surface area contributed by atoms with Gasteiger partial charge in [-0.15, -0.1) is 11.3 Å². The van der Waals surface area contributed by atoms with Crippen LogP contribution in [-0.2, 0) is 30.3 Å². The highest BCUT2D eigenvalue weighted by Gasteiger charge is 2.37. The summed E-state index contributed by atoms with van der Waals surface area (Å²) in [6.45, 7) is 11.4. The number of nitro groups is 1. The maximum absolute atomic E-state index is 14.2. The number of likely N-dealkylation sites (tertiary alicyclic amines) is 1. The average Bonchev–Trinajstić information content (AvgIpc) is 3.62. The number of thiazole rings is 1. The van der Waals surface area contributed by atoms with Crippen LogP contribution in [0.4, 0.5) is 5.69 Å². The number of hydrogen-bond acceptors (Lipinski definition) is 11. The molecule has 3 rings (SSSR count). The van der Waals surface area contributed by atoms with E-state index in [0.29, 0.717) is 17.0 Å². The fourth-order valence-electron chi connectivity index (χ4n) is 6.78. The molecule has 298 valence electrons. The number of aliphatic carboxylic acids is 1. The second-order valence-corrected chi connectivity index (χ2v) is 15.7. The largest absolute Gasteiger partial charge is 0.481 e. The van der Waals surface area contributed by atoms with E-state index in [4.69, 9.17) is 4.74 Å². The number of ether oxygens (including phenoxy) is 1. The topological polar surface area (TPSA) is 201 Å². The summed E-state index contributed by atoms with van der Waals surface area (Å²) < 4.78 is 5.74. The molecule has 15 nitrogen and oxygen atoms in total. The molecule has 0 aliphatic carbocycles. The molecule has 0 unspecified atom stereocenters. The monoisotopic (exact) mass is 772 g/mol. The lowest BCUT2D eigenvalue weighted by molar-refractivity contribution is -0.384. The van der Waals surface area contributed by atoms with Crippen LogP contribution in [0.3, 0.4) is 0 Å². The molecule has 1 aromatic heterocycles. The molecular weight excluding hydrogens is 717 g/mol. The van der Waals surface area contributed by atoms with Gasteiger partial charge in [-0.25, -0.2) is 4.98 Å². The van der Waals surface area contributed by atoms with Crippen LogP contribution >= 0.6 is 11.3 Å². The second-order valence-electron chi connectivity index (χ2n) is 14.8. The fourth-order valence-corrected chi connectivity index (χ4v) is 7.62. The number of carboxylic acids is 1. The fraction of sp³-hybridized carbons (Fsp3) is 0.632. The van der Waals surface area contributed by atoms with Crippen LogP contribution in [0.15, 0.2) is 29.6 Å². The van der Waals surface area contributed by atoms with Crippen molar-refractivity contribution in [2.45, 2.75) is 117 Å². The first-order valence-corrected chi connectivity index (χ1v) is 19.5. The first-order chi connectivity index (χ1) is 25.4. The van der Waals surface area contributed by atoms with Crippen LogP contribution in [-0.4, -0.2) is 99.3 Å².